The molecular formula is C24H34N2O4. The molecule has 2 aliphatic rings. The van der Waals surface area contributed by atoms with Crippen molar-refractivity contribution in [1.29, 1.82) is 0 Å². The standard InChI is InChI=1S/C24H34N2O4/c1-16(2)20(25-21(28)17-9-7-6-8-10-17)22(29)30-13-19(27)26-15-24(5)12-18(26)11-23(3,4)14-24/h6-10,16,18,20H,11-15H2,1-5H3,(H,25,28)/t18-,20+,24-/m1/s1. The lowest BCUT2D eigenvalue weighted by atomic mass is 9.65. The zero-order valence-corrected chi connectivity index (χ0v) is 18.7. The Balaban J connectivity index is 1.58. The van der Waals surface area contributed by atoms with Gasteiger partial charge in [-0.05, 0) is 48.1 Å². The van der Waals surface area contributed by atoms with Crippen molar-refractivity contribution in [1.82, 2.24) is 10.2 Å². The number of hydrogen-bond donors (Lipinski definition) is 1. The SMILES string of the molecule is CC(C)[C@H](NC(=O)c1ccccc1)C(=O)OCC(=O)N1C[C@]2(C)C[C@H]1CC(C)(C)C2. The third-order valence-corrected chi connectivity index (χ3v) is 6.32. The molecule has 1 aliphatic carbocycles. The Bertz CT molecular complexity index is 805. The first-order chi connectivity index (χ1) is 14.0. The van der Waals surface area contributed by atoms with Crippen LogP contribution in [0.5, 0.6) is 0 Å². The Morgan fingerprint density at radius 1 is 1.13 bits per heavy atom. The molecular weight excluding hydrogens is 380 g/mol. The maximum absolute atomic E-state index is 12.8. The van der Waals surface area contributed by atoms with E-state index in [-0.39, 0.29) is 41.2 Å². The number of amides is 2. The molecule has 1 aliphatic heterocycles. The molecule has 1 saturated heterocycles. The summed E-state index contributed by atoms with van der Waals surface area (Å²) in [5.74, 6) is -1.21. The Morgan fingerprint density at radius 2 is 1.80 bits per heavy atom. The summed E-state index contributed by atoms with van der Waals surface area (Å²) in [7, 11) is 0. The normalized spacial score (nSPS) is 25.7. The van der Waals surface area contributed by atoms with E-state index in [1.165, 1.54) is 0 Å². The highest BCUT2D eigenvalue weighted by atomic mass is 16.5. The topological polar surface area (TPSA) is 75.7 Å². The van der Waals surface area contributed by atoms with E-state index < -0.39 is 12.0 Å². The molecule has 1 heterocycles. The number of rotatable bonds is 6. The van der Waals surface area contributed by atoms with E-state index in [4.69, 9.17) is 4.74 Å². The van der Waals surface area contributed by atoms with Gasteiger partial charge in [0.25, 0.3) is 11.8 Å². The Kier molecular flexibility index (Phi) is 6.25. The molecule has 1 N–H and O–H groups in total. The summed E-state index contributed by atoms with van der Waals surface area (Å²) < 4.78 is 5.36. The van der Waals surface area contributed by atoms with Crippen LogP contribution in [0.25, 0.3) is 0 Å². The van der Waals surface area contributed by atoms with Gasteiger partial charge in [-0.15, -0.1) is 0 Å². The van der Waals surface area contributed by atoms with Crippen LogP contribution in [-0.2, 0) is 14.3 Å². The maximum Gasteiger partial charge on any atom is 0.329 e. The number of carbonyl (C=O) groups excluding carboxylic acids is 3. The van der Waals surface area contributed by atoms with Crippen LogP contribution in [0.15, 0.2) is 30.3 Å². The number of nitrogens with zero attached hydrogens (tertiary/aromatic N) is 1. The van der Waals surface area contributed by atoms with Crippen molar-refractivity contribution < 1.29 is 19.1 Å². The quantitative estimate of drug-likeness (QED) is 0.724. The molecule has 0 aromatic heterocycles. The number of likely N-dealkylation sites (tertiary alicyclic amines) is 1. The van der Waals surface area contributed by atoms with Crippen LogP contribution in [0, 0.1) is 16.7 Å². The van der Waals surface area contributed by atoms with Crippen LogP contribution in [0.3, 0.4) is 0 Å². The fraction of sp³-hybridized carbons (Fsp3) is 0.625. The smallest absolute Gasteiger partial charge is 0.329 e. The maximum atomic E-state index is 12.8. The minimum Gasteiger partial charge on any atom is -0.454 e. The lowest BCUT2D eigenvalue weighted by Gasteiger charge is -2.39. The molecule has 164 valence electrons. The molecule has 6 heteroatoms. The molecule has 2 fully saturated rings. The van der Waals surface area contributed by atoms with Gasteiger partial charge in [-0.3, -0.25) is 9.59 Å². The van der Waals surface area contributed by atoms with Gasteiger partial charge >= 0.3 is 5.97 Å². The first-order valence-electron chi connectivity index (χ1n) is 10.8. The van der Waals surface area contributed by atoms with Gasteiger partial charge in [0.2, 0.25) is 0 Å². The average Bonchev–Trinajstić information content (AvgIpc) is 2.92. The van der Waals surface area contributed by atoms with E-state index in [1.54, 1.807) is 24.3 Å². The summed E-state index contributed by atoms with van der Waals surface area (Å²) in [6.07, 6.45) is 3.09. The molecule has 1 saturated carbocycles. The first kappa shape index (κ1) is 22.3. The van der Waals surface area contributed by atoms with Gasteiger partial charge in [-0.1, -0.05) is 52.8 Å². The van der Waals surface area contributed by atoms with E-state index >= 15 is 0 Å². The molecule has 0 spiro atoms. The van der Waals surface area contributed by atoms with Gasteiger partial charge < -0.3 is 15.0 Å². The number of carbonyl (C=O) groups is 3. The first-order valence-corrected chi connectivity index (χ1v) is 10.8. The van der Waals surface area contributed by atoms with Crippen molar-refractivity contribution in [3.8, 4) is 0 Å². The number of hydrogen-bond acceptors (Lipinski definition) is 4. The largest absolute Gasteiger partial charge is 0.454 e. The van der Waals surface area contributed by atoms with Gasteiger partial charge in [-0.2, -0.15) is 0 Å². The van der Waals surface area contributed by atoms with E-state index in [0.717, 1.165) is 25.8 Å². The third kappa shape index (κ3) is 5.02. The second kappa shape index (κ2) is 8.40. The molecule has 1 aromatic rings. The van der Waals surface area contributed by atoms with Crippen LogP contribution in [0.4, 0.5) is 0 Å². The monoisotopic (exact) mass is 414 g/mol. The highest BCUT2D eigenvalue weighted by molar-refractivity contribution is 5.97. The summed E-state index contributed by atoms with van der Waals surface area (Å²) in [5, 5.41) is 2.74. The second-order valence-electron chi connectivity index (χ2n) is 10.4. The lowest BCUT2D eigenvalue weighted by Crippen LogP contribution is -2.46. The van der Waals surface area contributed by atoms with Crippen molar-refractivity contribution in [2.24, 2.45) is 16.7 Å². The molecule has 0 radical (unpaired) electrons. The van der Waals surface area contributed by atoms with Crippen molar-refractivity contribution >= 4 is 17.8 Å². The van der Waals surface area contributed by atoms with E-state index in [1.807, 2.05) is 24.8 Å². The van der Waals surface area contributed by atoms with Crippen LogP contribution in [-0.4, -0.2) is 47.9 Å². The number of nitrogens with one attached hydrogen (secondary N) is 1. The minimum absolute atomic E-state index is 0.135. The fourth-order valence-corrected chi connectivity index (χ4v) is 5.37. The van der Waals surface area contributed by atoms with E-state index in [9.17, 15) is 14.4 Å². The molecule has 1 aromatic carbocycles. The summed E-state index contributed by atoms with van der Waals surface area (Å²) in [5.41, 5.74) is 0.830. The van der Waals surface area contributed by atoms with Crippen LogP contribution < -0.4 is 5.32 Å². The summed E-state index contributed by atoms with van der Waals surface area (Å²) in [4.78, 5) is 39.8. The molecule has 30 heavy (non-hydrogen) atoms. The van der Waals surface area contributed by atoms with Crippen molar-refractivity contribution in [3.05, 3.63) is 35.9 Å². The van der Waals surface area contributed by atoms with Crippen LogP contribution >= 0.6 is 0 Å². The predicted octanol–water partition coefficient (Wildman–Crippen LogP) is 3.41. The highest BCUT2D eigenvalue weighted by Gasteiger charge is 2.51. The van der Waals surface area contributed by atoms with Crippen molar-refractivity contribution in [3.63, 3.8) is 0 Å². The van der Waals surface area contributed by atoms with Gasteiger partial charge in [0, 0.05) is 18.2 Å². The molecule has 3 rings (SSSR count). The van der Waals surface area contributed by atoms with Crippen molar-refractivity contribution in [2.75, 3.05) is 13.2 Å². The highest BCUT2D eigenvalue weighted by Crippen LogP contribution is 2.52. The Morgan fingerprint density at radius 3 is 2.43 bits per heavy atom. The Labute approximate surface area is 179 Å². The van der Waals surface area contributed by atoms with E-state index in [0.29, 0.717) is 5.56 Å². The van der Waals surface area contributed by atoms with Gasteiger partial charge in [0.05, 0.1) is 0 Å². The molecule has 6 nitrogen and oxygen atoms in total. The number of ether oxygens (including phenoxy) is 1. The summed E-state index contributed by atoms with van der Waals surface area (Å²) in [6, 6.07) is 8.15. The number of fused-ring (bicyclic) bond motifs is 2. The average molecular weight is 415 g/mol. The zero-order chi connectivity index (χ0) is 22.1. The van der Waals surface area contributed by atoms with Gasteiger partial charge in [0.15, 0.2) is 6.61 Å². The lowest BCUT2D eigenvalue weighted by molar-refractivity contribution is -0.154. The Hall–Kier alpha value is -2.37. The van der Waals surface area contributed by atoms with Gasteiger partial charge in [-0.25, -0.2) is 4.79 Å². The zero-order valence-electron chi connectivity index (χ0n) is 18.7. The van der Waals surface area contributed by atoms with Crippen molar-refractivity contribution in [2.45, 2.75) is 66.0 Å². The summed E-state index contributed by atoms with van der Waals surface area (Å²) >= 11 is 0. The summed E-state index contributed by atoms with van der Waals surface area (Å²) in [6.45, 7) is 10.9. The molecule has 2 amide bonds. The minimum atomic E-state index is -0.806. The second-order valence-corrected chi connectivity index (χ2v) is 10.4. The third-order valence-electron chi connectivity index (χ3n) is 6.32. The molecule has 0 unspecified atom stereocenters. The van der Waals surface area contributed by atoms with Gasteiger partial charge in [0.1, 0.15) is 6.04 Å². The van der Waals surface area contributed by atoms with E-state index in [2.05, 4.69) is 26.1 Å². The number of benzene rings is 1. The van der Waals surface area contributed by atoms with Crippen LogP contribution in [0.2, 0.25) is 0 Å². The predicted molar refractivity (Wildman–Crippen MR) is 115 cm³/mol. The molecule has 3 atom stereocenters. The number of esters is 1. The fourth-order valence-electron chi connectivity index (χ4n) is 5.37. The van der Waals surface area contributed by atoms with Crippen LogP contribution in [0.1, 0.15) is 64.2 Å². The molecule has 2 bridgehead atoms.